The van der Waals surface area contributed by atoms with Gasteiger partial charge in [0.25, 0.3) is 0 Å². The van der Waals surface area contributed by atoms with Crippen molar-refractivity contribution in [1.29, 1.82) is 0 Å². The molecule has 108 valence electrons. The first-order valence-corrected chi connectivity index (χ1v) is 7.04. The number of nitrogens with two attached hydrogens (primary N) is 1. The van der Waals surface area contributed by atoms with E-state index in [0.29, 0.717) is 23.9 Å². The van der Waals surface area contributed by atoms with Gasteiger partial charge in [-0.05, 0) is 26.2 Å². The van der Waals surface area contributed by atoms with Gasteiger partial charge in [0, 0.05) is 19.1 Å². The predicted molar refractivity (Wildman–Crippen MR) is 80.3 cm³/mol. The molecule has 0 saturated heterocycles. The number of hydrogen-bond donors (Lipinski definition) is 2. The van der Waals surface area contributed by atoms with Gasteiger partial charge >= 0.3 is 0 Å². The highest BCUT2D eigenvalue weighted by atomic mass is 15.3. The number of anilines is 3. The lowest BCUT2D eigenvalue weighted by molar-refractivity contribution is 0.508. The van der Waals surface area contributed by atoms with Crippen molar-refractivity contribution >= 4 is 17.8 Å². The SMILES string of the molecule is CCC(Nc1nc(N)nc(N(CC)CC)n1)C(C)C. The van der Waals surface area contributed by atoms with Gasteiger partial charge in [-0.25, -0.2) is 0 Å². The smallest absolute Gasteiger partial charge is 0.231 e. The van der Waals surface area contributed by atoms with Crippen LogP contribution in [0.25, 0.3) is 0 Å². The number of nitrogens with zero attached hydrogens (tertiary/aromatic N) is 4. The van der Waals surface area contributed by atoms with Gasteiger partial charge in [0.2, 0.25) is 17.8 Å². The van der Waals surface area contributed by atoms with Crippen molar-refractivity contribution in [3.8, 4) is 0 Å². The normalized spacial score (nSPS) is 12.5. The Morgan fingerprint density at radius 2 is 1.74 bits per heavy atom. The minimum atomic E-state index is 0.262. The molecule has 0 bridgehead atoms. The molecule has 0 amide bonds. The van der Waals surface area contributed by atoms with E-state index in [1.54, 1.807) is 0 Å². The van der Waals surface area contributed by atoms with E-state index in [9.17, 15) is 0 Å². The van der Waals surface area contributed by atoms with Gasteiger partial charge in [0.15, 0.2) is 0 Å². The summed E-state index contributed by atoms with van der Waals surface area (Å²) in [7, 11) is 0. The Bertz CT molecular complexity index is 389. The summed E-state index contributed by atoms with van der Waals surface area (Å²) in [6.07, 6.45) is 1.02. The summed E-state index contributed by atoms with van der Waals surface area (Å²) in [6.45, 7) is 12.3. The van der Waals surface area contributed by atoms with Crippen LogP contribution in [0.2, 0.25) is 0 Å². The number of hydrogen-bond acceptors (Lipinski definition) is 6. The Labute approximate surface area is 115 Å². The molecule has 19 heavy (non-hydrogen) atoms. The van der Waals surface area contributed by atoms with Crippen molar-refractivity contribution in [3.63, 3.8) is 0 Å². The summed E-state index contributed by atoms with van der Waals surface area (Å²) in [6, 6.07) is 0.339. The van der Waals surface area contributed by atoms with Crippen molar-refractivity contribution in [3.05, 3.63) is 0 Å². The van der Waals surface area contributed by atoms with Crippen LogP contribution in [0.3, 0.4) is 0 Å². The summed E-state index contributed by atoms with van der Waals surface area (Å²) in [5.74, 6) is 1.98. The lowest BCUT2D eigenvalue weighted by Gasteiger charge is -2.23. The standard InChI is InChI=1S/C13H26N6/c1-6-10(9(4)5)15-12-16-11(14)17-13(18-12)19(7-2)8-3/h9-10H,6-8H2,1-5H3,(H3,14,15,16,17,18). The molecule has 1 aromatic heterocycles. The van der Waals surface area contributed by atoms with Gasteiger partial charge in [0.05, 0.1) is 0 Å². The minimum Gasteiger partial charge on any atom is -0.368 e. The molecule has 0 saturated carbocycles. The molecule has 0 aliphatic rings. The van der Waals surface area contributed by atoms with Crippen LogP contribution in [0.5, 0.6) is 0 Å². The number of nitrogen functional groups attached to an aromatic ring is 1. The Kier molecular flexibility index (Phi) is 5.79. The predicted octanol–water partition coefficient (Wildman–Crippen LogP) is 2.15. The van der Waals surface area contributed by atoms with Crippen molar-refractivity contribution in [2.45, 2.75) is 47.1 Å². The molecule has 1 unspecified atom stereocenters. The van der Waals surface area contributed by atoms with E-state index in [1.807, 2.05) is 0 Å². The maximum Gasteiger partial charge on any atom is 0.231 e. The quantitative estimate of drug-likeness (QED) is 0.787. The first-order chi connectivity index (χ1) is 9.01. The highest BCUT2D eigenvalue weighted by Crippen LogP contribution is 2.15. The third-order valence-corrected chi connectivity index (χ3v) is 3.25. The van der Waals surface area contributed by atoms with E-state index in [0.717, 1.165) is 19.5 Å². The van der Waals surface area contributed by atoms with Gasteiger partial charge < -0.3 is 16.0 Å². The van der Waals surface area contributed by atoms with Gasteiger partial charge in [-0.1, -0.05) is 20.8 Å². The molecular formula is C13H26N6. The average molecular weight is 266 g/mol. The topological polar surface area (TPSA) is 80.0 Å². The second kappa shape index (κ2) is 7.11. The average Bonchev–Trinajstić information content (AvgIpc) is 2.36. The molecule has 1 heterocycles. The molecule has 0 radical (unpaired) electrons. The van der Waals surface area contributed by atoms with Crippen LogP contribution < -0.4 is 16.0 Å². The molecule has 0 aromatic carbocycles. The van der Waals surface area contributed by atoms with Crippen LogP contribution in [0.15, 0.2) is 0 Å². The molecule has 1 aromatic rings. The molecule has 3 N–H and O–H groups in total. The minimum absolute atomic E-state index is 0.262. The zero-order valence-corrected chi connectivity index (χ0v) is 12.6. The van der Waals surface area contributed by atoms with Crippen LogP contribution in [0, 0.1) is 5.92 Å². The van der Waals surface area contributed by atoms with Crippen LogP contribution in [0.1, 0.15) is 41.0 Å². The van der Waals surface area contributed by atoms with Crippen molar-refractivity contribution in [1.82, 2.24) is 15.0 Å². The lowest BCUT2D eigenvalue weighted by atomic mass is 10.0. The monoisotopic (exact) mass is 266 g/mol. The van der Waals surface area contributed by atoms with E-state index in [2.05, 4.69) is 59.8 Å². The first kappa shape index (κ1) is 15.5. The maximum atomic E-state index is 5.77. The number of nitrogens with one attached hydrogen (secondary N) is 1. The number of rotatable bonds is 7. The Balaban J connectivity index is 2.96. The fraction of sp³-hybridized carbons (Fsp3) is 0.769. The molecule has 0 fully saturated rings. The molecule has 1 rings (SSSR count). The van der Waals surface area contributed by atoms with Crippen molar-refractivity contribution < 1.29 is 0 Å². The second-order valence-electron chi connectivity index (χ2n) is 4.89. The number of aromatic nitrogens is 3. The van der Waals surface area contributed by atoms with Gasteiger partial charge in [-0.3, -0.25) is 0 Å². The van der Waals surface area contributed by atoms with Gasteiger partial charge in [0.1, 0.15) is 0 Å². The van der Waals surface area contributed by atoms with Crippen LogP contribution in [-0.2, 0) is 0 Å². The first-order valence-electron chi connectivity index (χ1n) is 7.04. The van der Waals surface area contributed by atoms with E-state index in [1.165, 1.54) is 0 Å². The van der Waals surface area contributed by atoms with Gasteiger partial charge in [-0.15, -0.1) is 0 Å². The highest BCUT2D eigenvalue weighted by Gasteiger charge is 2.15. The highest BCUT2D eigenvalue weighted by molar-refractivity contribution is 5.42. The molecule has 0 aliphatic heterocycles. The summed E-state index contributed by atoms with van der Waals surface area (Å²) in [4.78, 5) is 14.9. The zero-order valence-electron chi connectivity index (χ0n) is 12.6. The second-order valence-corrected chi connectivity index (χ2v) is 4.89. The summed E-state index contributed by atoms with van der Waals surface area (Å²) < 4.78 is 0. The Morgan fingerprint density at radius 1 is 1.11 bits per heavy atom. The largest absolute Gasteiger partial charge is 0.368 e. The fourth-order valence-electron chi connectivity index (χ4n) is 2.00. The van der Waals surface area contributed by atoms with E-state index >= 15 is 0 Å². The molecular weight excluding hydrogens is 240 g/mol. The van der Waals surface area contributed by atoms with Crippen molar-refractivity contribution in [2.75, 3.05) is 29.0 Å². The molecule has 1 atom stereocenters. The van der Waals surface area contributed by atoms with Gasteiger partial charge in [-0.2, -0.15) is 15.0 Å². The summed E-state index contributed by atoms with van der Waals surface area (Å²) in [5, 5.41) is 3.34. The summed E-state index contributed by atoms with van der Waals surface area (Å²) in [5.41, 5.74) is 5.77. The maximum absolute atomic E-state index is 5.77. The third-order valence-electron chi connectivity index (χ3n) is 3.25. The third kappa shape index (κ3) is 4.22. The summed E-state index contributed by atoms with van der Waals surface area (Å²) >= 11 is 0. The van der Waals surface area contributed by atoms with Crippen molar-refractivity contribution in [2.24, 2.45) is 5.92 Å². The Morgan fingerprint density at radius 3 is 2.21 bits per heavy atom. The van der Waals surface area contributed by atoms with E-state index in [-0.39, 0.29) is 5.95 Å². The fourth-order valence-corrected chi connectivity index (χ4v) is 2.00. The molecule has 0 aliphatic carbocycles. The van der Waals surface area contributed by atoms with Crippen LogP contribution in [0.4, 0.5) is 17.8 Å². The zero-order chi connectivity index (χ0) is 14.4. The molecule has 6 nitrogen and oxygen atoms in total. The van der Waals surface area contributed by atoms with Crippen LogP contribution in [-0.4, -0.2) is 34.1 Å². The van der Waals surface area contributed by atoms with Crippen LogP contribution >= 0.6 is 0 Å². The molecule has 0 spiro atoms. The van der Waals surface area contributed by atoms with E-state index in [4.69, 9.17) is 5.73 Å². The molecule has 6 heteroatoms. The lowest BCUT2D eigenvalue weighted by Crippen LogP contribution is -2.28. The Hall–Kier alpha value is -1.59. The van der Waals surface area contributed by atoms with E-state index < -0.39 is 0 Å².